The van der Waals surface area contributed by atoms with Crippen molar-refractivity contribution >= 4 is 5.97 Å². The summed E-state index contributed by atoms with van der Waals surface area (Å²) in [7, 11) is 0. The lowest BCUT2D eigenvalue weighted by atomic mass is 10.1. The molecule has 0 fully saturated rings. The second-order valence-electron chi connectivity index (χ2n) is 3.87. The molecule has 1 aromatic rings. The van der Waals surface area contributed by atoms with Gasteiger partial charge in [-0.3, -0.25) is 4.79 Å². The number of hydrogen-bond acceptors (Lipinski definition) is 3. The van der Waals surface area contributed by atoms with E-state index < -0.39 is 23.8 Å². The minimum absolute atomic E-state index is 0.148. The van der Waals surface area contributed by atoms with Crippen LogP contribution in [0.1, 0.15) is 43.5 Å². The molecular weight excluding hydrogens is 239 g/mol. The summed E-state index contributed by atoms with van der Waals surface area (Å²) in [5.41, 5.74) is -0.183. The summed E-state index contributed by atoms with van der Waals surface area (Å²) in [6, 6.07) is 0. The number of oxazole rings is 1. The summed E-state index contributed by atoms with van der Waals surface area (Å²) in [4.78, 5) is 14.0. The first-order valence-corrected chi connectivity index (χ1v) is 5.00. The third kappa shape index (κ3) is 3.47. The van der Waals surface area contributed by atoms with Gasteiger partial charge in [-0.2, -0.15) is 13.2 Å². The molecule has 0 aromatic carbocycles. The Bertz CT molecular complexity index is 409. The smallest absolute Gasteiger partial charge is 0.451 e. The average molecular weight is 251 g/mol. The molecule has 96 valence electrons. The molecule has 0 saturated heterocycles. The molecule has 0 atom stereocenters. The van der Waals surface area contributed by atoms with E-state index >= 15 is 0 Å². The van der Waals surface area contributed by atoms with Crippen LogP contribution in [-0.4, -0.2) is 16.1 Å². The second kappa shape index (κ2) is 4.77. The van der Waals surface area contributed by atoms with Gasteiger partial charge in [0, 0.05) is 6.42 Å². The molecule has 0 unspecified atom stereocenters. The highest BCUT2D eigenvalue weighted by Crippen LogP contribution is 2.35. The van der Waals surface area contributed by atoms with Gasteiger partial charge in [0.1, 0.15) is 0 Å². The number of carbonyl (C=O) groups is 1. The van der Waals surface area contributed by atoms with E-state index in [0.717, 1.165) is 0 Å². The third-order valence-corrected chi connectivity index (χ3v) is 2.05. The average Bonchev–Trinajstić information content (AvgIpc) is 2.57. The predicted octanol–water partition coefficient (Wildman–Crippen LogP) is 2.83. The summed E-state index contributed by atoms with van der Waals surface area (Å²) in [5.74, 6) is -2.87. The zero-order valence-corrected chi connectivity index (χ0v) is 9.34. The molecule has 1 aromatic heterocycles. The van der Waals surface area contributed by atoms with E-state index in [1.54, 1.807) is 13.8 Å². The van der Waals surface area contributed by atoms with Gasteiger partial charge in [-0.25, -0.2) is 4.98 Å². The molecule has 1 rings (SSSR count). The number of hydrogen-bond donors (Lipinski definition) is 1. The summed E-state index contributed by atoms with van der Waals surface area (Å²) < 4.78 is 42.3. The lowest BCUT2D eigenvalue weighted by molar-refractivity contribution is -0.154. The molecule has 0 spiro atoms. The largest absolute Gasteiger partial charge is 0.481 e. The van der Waals surface area contributed by atoms with Crippen LogP contribution in [0.3, 0.4) is 0 Å². The first kappa shape index (κ1) is 13.5. The van der Waals surface area contributed by atoms with E-state index in [2.05, 4.69) is 9.40 Å². The van der Waals surface area contributed by atoms with Gasteiger partial charge < -0.3 is 9.52 Å². The first-order chi connectivity index (χ1) is 7.71. The molecule has 0 amide bonds. The zero-order chi connectivity index (χ0) is 13.2. The molecule has 0 bridgehead atoms. The van der Waals surface area contributed by atoms with Crippen molar-refractivity contribution in [3.05, 3.63) is 17.3 Å². The minimum atomic E-state index is -4.60. The second-order valence-corrected chi connectivity index (χ2v) is 3.87. The maximum absolute atomic E-state index is 12.6. The molecule has 1 N–H and O–H groups in total. The van der Waals surface area contributed by atoms with Gasteiger partial charge in [0.25, 0.3) is 0 Å². The van der Waals surface area contributed by atoms with Crippen molar-refractivity contribution in [1.82, 2.24) is 4.98 Å². The molecule has 17 heavy (non-hydrogen) atoms. The lowest BCUT2D eigenvalue weighted by Gasteiger charge is -2.06. The summed E-state index contributed by atoms with van der Waals surface area (Å²) in [6.07, 6.45) is -5.06. The molecule has 0 aliphatic rings. The van der Waals surface area contributed by atoms with Crippen LogP contribution in [0, 0.1) is 0 Å². The van der Waals surface area contributed by atoms with Crippen LogP contribution in [0.15, 0.2) is 4.42 Å². The van der Waals surface area contributed by atoms with E-state index in [1.165, 1.54) is 0 Å². The van der Waals surface area contributed by atoms with Crippen LogP contribution >= 0.6 is 0 Å². The highest BCUT2D eigenvalue weighted by Gasteiger charge is 2.40. The Kier molecular flexibility index (Phi) is 3.79. The number of aryl methyl sites for hydroxylation is 1. The molecule has 7 heteroatoms. The van der Waals surface area contributed by atoms with Crippen molar-refractivity contribution in [2.24, 2.45) is 0 Å². The molecule has 0 aliphatic carbocycles. The standard InChI is InChI=1S/C10H12F3NO3/c1-5(2)8-9(10(11,12)13)17-6(14-8)3-4-7(15)16/h5H,3-4H2,1-2H3,(H,15,16). The number of carboxylic acid groups (broad SMARTS) is 1. The van der Waals surface area contributed by atoms with Crippen LogP contribution in [0.4, 0.5) is 13.2 Å². The topological polar surface area (TPSA) is 63.3 Å². The zero-order valence-electron chi connectivity index (χ0n) is 9.34. The molecule has 1 heterocycles. The van der Waals surface area contributed by atoms with E-state index in [-0.39, 0.29) is 24.4 Å². The molecule has 0 radical (unpaired) electrons. The lowest BCUT2D eigenvalue weighted by Crippen LogP contribution is -2.08. The Morgan fingerprint density at radius 2 is 2.06 bits per heavy atom. The maximum Gasteiger partial charge on any atom is 0.451 e. The van der Waals surface area contributed by atoms with Crippen molar-refractivity contribution in [3.63, 3.8) is 0 Å². The fraction of sp³-hybridized carbons (Fsp3) is 0.600. The van der Waals surface area contributed by atoms with Crippen LogP contribution in [0.2, 0.25) is 0 Å². The van der Waals surface area contributed by atoms with Crippen molar-refractivity contribution in [2.75, 3.05) is 0 Å². The fourth-order valence-electron chi connectivity index (χ4n) is 1.29. The highest BCUT2D eigenvalue weighted by molar-refractivity contribution is 5.66. The van der Waals surface area contributed by atoms with Gasteiger partial charge in [0.05, 0.1) is 12.1 Å². The number of halogens is 3. The Labute approximate surface area is 95.5 Å². The minimum Gasteiger partial charge on any atom is -0.481 e. The Hall–Kier alpha value is -1.53. The van der Waals surface area contributed by atoms with Crippen molar-refractivity contribution in [3.8, 4) is 0 Å². The van der Waals surface area contributed by atoms with Gasteiger partial charge in [-0.05, 0) is 5.92 Å². The monoisotopic (exact) mass is 251 g/mol. The van der Waals surface area contributed by atoms with Gasteiger partial charge in [0.2, 0.25) is 5.76 Å². The van der Waals surface area contributed by atoms with E-state index in [9.17, 15) is 18.0 Å². The number of carboxylic acids is 1. The SMILES string of the molecule is CC(C)c1nc(CCC(=O)O)oc1C(F)(F)F. The van der Waals surface area contributed by atoms with Crippen molar-refractivity contribution < 1.29 is 27.5 Å². The molecule has 0 aliphatic heterocycles. The van der Waals surface area contributed by atoms with E-state index in [1.807, 2.05) is 0 Å². The Morgan fingerprint density at radius 1 is 1.47 bits per heavy atom. The number of aliphatic carboxylic acids is 1. The fourth-order valence-corrected chi connectivity index (χ4v) is 1.29. The van der Waals surface area contributed by atoms with Crippen LogP contribution < -0.4 is 0 Å². The van der Waals surface area contributed by atoms with Crippen LogP contribution in [0.5, 0.6) is 0 Å². The Morgan fingerprint density at radius 3 is 2.41 bits per heavy atom. The molecular formula is C10H12F3NO3. The highest BCUT2D eigenvalue weighted by atomic mass is 19.4. The number of aromatic nitrogens is 1. The number of nitrogens with zero attached hydrogens (tertiary/aromatic N) is 1. The van der Waals surface area contributed by atoms with Crippen LogP contribution in [0.25, 0.3) is 0 Å². The normalized spacial score (nSPS) is 12.1. The van der Waals surface area contributed by atoms with E-state index in [0.29, 0.717) is 0 Å². The van der Waals surface area contributed by atoms with Gasteiger partial charge >= 0.3 is 12.1 Å². The maximum atomic E-state index is 12.6. The molecule has 4 nitrogen and oxygen atoms in total. The van der Waals surface area contributed by atoms with Gasteiger partial charge in [-0.1, -0.05) is 13.8 Å². The summed E-state index contributed by atoms with van der Waals surface area (Å²) >= 11 is 0. The van der Waals surface area contributed by atoms with E-state index in [4.69, 9.17) is 5.11 Å². The third-order valence-electron chi connectivity index (χ3n) is 2.05. The summed E-state index contributed by atoms with van der Waals surface area (Å²) in [5, 5.41) is 8.43. The van der Waals surface area contributed by atoms with Crippen molar-refractivity contribution in [2.45, 2.75) is 38.8 Å². The van der Waals surface area contributed by atoms with Crippen molar-refractivity contribution in [1.29, 1.82) is 0 Å². The number of alkyl halides is 3. The quantitative estimate of drug-likeness (QED) is 0.893. The number of rotatable bonds is 4. The summed E-state index contributed by atoms with van der Waals surface area (Å²) in [6.45, 7) is 3.13. The van der Waals surface area contributed by atoms with Gasteiger partial charge in [0.15, 0.2) is 5.89 Å². The predicted molar refractivity (Wildman–Crippen MR) is 51.6 cm³/mol. The Balaban J connectivity index is 3.00. The van der Waals surface area contributed by atoms with Crippen LogP contribution in [-0.2, 0) is 17.4 Å². The molecule has 0 saturated carbocycles. The van der Waals surface area contributed by atoms with Gasteiger partial charge in [-0.15, -0.1) is 0 Å². The first-order valence-electron chi connectivity index (χ1n) is 5.00.